The Morgan fingerprint density at radius 3 is 3.07 bits per heavy atom. The zero-order valence-corrected chi connectivity index (χ0v) is 8.08. The third-order valence-electron chi connectivity index (χ3n) is 2.58. The van der Waals surface area contributed by atoms with Gasteiger partial charge in [0, 0.05) is 6.92 Å². The summed E-state index contributed by atoms with van der Waals surface area (Å²) in [4.78, 5) is 10.9. The van der Waals surface area contributed by atoms with E-state index in [0.29, 0.717) is 5.75 Å². The van der Waals surface area contributed by atoms with Gasteiger partial charge in [-0.15, -0.1) is 0 Å². The third-order valence-corrected chi connectivity index (χ3v) is 2.58. The summed E-state index contributed by atoms with van der Waals surface area (Å²) in [6.45, 7) is 1.53. The molecule has 1 aliphatic carbocycles. The van der Waals surface area contributed by atoms with Crippen LogP contribution in [0.4, 0.5) is 0 Å². The largest absolute Gasteiger partial charge is 0.508 e. The molecule has 0 spiro atoms. The molecule has 74 valence electrons. The highest BCUT2D eigenvalue weighted by Crippen LogP contribution is 2.32. The van der Waals surface area contributed by atoms with Crippen LogP contribution in [-0.2, 0) is 11.2 Å². The molecule has 3 heteroatoms. The molecule has 0 aliphatic heterocycles. The van der Waals surface area contributed by atoms with E-state index >= 15 is 0 Å². The van der Waals surface area contributed by atoms with E-state index in [4.69, 9.17) is 0 Å². The first-order valence-corrected chi connectivity index (χ1v) is 4.75. The Bertz CT molecular complexity index is 374. The lowest BCUT2D eigenvalue weighted by atomic mass is 10.1. The third kappa shape index (κ3) is 1.58. The predicted molar refractivity (Wildman–Crippen MR) is 53.0 cm³/mol. The van der Waals surface area contributed by atoms with Crippen LogP contribution in [0.15, 0.2) is 18.2 Å². The molecule has 0 fully saturated rings. The fraction of sp³-hybridized carbons (Fsp3) is 0.364. The maximum Gasteiger partial charge on any atom is 0.217 e. The molecule has 1 amide bonds. The fourth-order valence-electron chi connectivity index (χ4n) is 2.00. The molecule has 2 N–H and O–H groups in total. The Labute approximate surface area is 82.8 Å². The maximum atomic E-state index is 10.9. The second kappa shape index (κ2) is 3.33. The van der Waals surface area contributed by atoms with Crippen LogP contribution in [0, 0.1) is 0 Å². The van der Waals surface area contributed by atoms with E-state index in [9.17, 15) is 9.90 Å². The first-order valence-electron chi connectivity index (χ1n) is 4.75. The van der Waals surface area contributed by atoms with Crippen molar-refractivity contribution in [2.75, 3.05) is 0 Å². The molecule has 3 nitrogen and oxygen atoms in total. The molecule has 0 heterocycles. The van der Waals surface area contributed by atoms with Crippen LogP contribution in [0.1, 0.15) is 30.5 Å². The number of hydrogen-bond acceptors (Lipinski definition) is 2. The van der Waals surface area contributed by atoms with Crippen LogP contribution in [0.3, 0.4) is 0 Å². The van der Waals surface area contributed by atoms with E-state index in [1.54, 1.807) is 12.1 Å². The van der Waals surface area contributed by atoms with Crippen molar-refractivity contribution in [2.24, 2.45) is 0 Å². The topological polar surface area (TPSA) is 49.3 Å². The molecule has 1 atom stereocenters. The molecule has 0 bridgehead atoms. The van der Waals surface area contributed by atoms with Crippen molar-refractivity contribution in [3.05, 3.63) is 29.3 Å². The Morgan fingerprint density at radius 1 is 1.57 bits per heavy atom. The van der Waals surface area contributed by atoms with Crippen molar-refractivity contribution < 1.29 is 9.90 Å². The van der Waals surface area contributed by atoms with Crippen molar-refractivity contribution in [1.82, 2.24) is 5.32 Å². The van der Waals surface area contributed by atoms with Gasteiger partial charge in [0.2, 0.25) is 5.91 Å². The number of nitrogens with one attached hydrogen (secondary N) is 1. The van der Waals surface area contributed by atoms with E-state index in [1.807, 2.05) is 6.07 Å². The molecule has 1 aliphatic rings. The predicted octanol–water partition coefficient (Wildman–Crippen LogP) is 1.52. The van der Waals surface area contributed by atoms with Crippen molar-refractivity contribution in [2.45, 2.75) is 25.8 Å². The van der Waals surface area contributed by atoms with Gasteiger partial charge >= 0.3 is 0 Å². The molecule has 1 aromatic rings. The van der Waals surface area contributed by atoms with Crippen molar-refractivity contribution in [3.63, 3.8) is 0 Å². The molecule has 0 radical (unpaired) electrons. The standard InChI is InChI=1S/C11H13NO2/c1-7(13)12-11-5-2-8-6-9(14)3-4-10(8)11/h3-4,6,11,14H,2,5H2,1H3,(H,12,13). The molecular formula is C11H13NO2. The zero-order chi connectivity index (χ0) is 10.1. The number of carbonyl (C=O) groups excluding carboxylic acids is 1. The SMILES string of the molecule is CC(=O)NC1CCc2cc(O)ccc21. The minimum atomic E-state index is -0.00377. The summed E-state index contributed by atoms with van der Waals surface area (Å²) in [5.41, 5.74) is 2.28. The van der Waals surface area contributed by atoms with Crippen LogP contribution in [0.5, 0.6) is 5.75 Å². The van der Waals surface area contributed by atoms with Crippen LogP contribution >= 0.6 is 0 Å². The van der Waals surface area contributed by atoms with Gasteiger partial charge in [-0.05, 0) is 36.1 Å². The highest BCUT2D eigenvalue weighted by Gasteiger charge is 2.22. The number of aromatic hydroxyl groups is 1. The summed E-state index contributed by atoms with van der Waals surface area (Å²) in [6.07, 6.45) is 1.85. The number of rotatable bonds is 1. The molecule has 0 saturated carbocycles. The molecule has 14 heavy (non-hydrogen) atoms. The van der Waals surface area contributed by atoms with Crippen LogP contribution < -0.4 is 5.32 Å². The normalized spacial score (nSPS) is 19.1. The van der Waals surface area contributed by atoms with Gasteiger partial charge in [0.25, 0.3) is 0 Å². The van der Waals surface area contributed by atoms with Gasteiger partial charge in [0.1, 0.15) is 5.75 Å². The average molecular weight is 191 g/mol. The summed E-state index contributed by atoms with van der Waals surface area (Å²) >= 11 is 0. The van der Waals surface area contributed by atoms with Crippen molar-refractivity contribution >= 4 is 5.91 Å². The second-order valence-corrected chi connectivity index (χ2v) is 3.67. The van der Waals surface area contributed by atoms with Gasteiger partial charge in [0.05, 0.1) is 6.04 Å². The van der Waals surface area contributed by atoms with Crippen molar-refractivity contribution in [3.8, 4) is 5.75 Å². The van der Waals surface area contributed by atoms with Gasteiger partial charge in [-0.1, -0.05) is 6.07 Å². The second-order valence-electron chi connectivity index (χ2n) is 3.67. The average Bonchev–Trinajstić information content (AvgIpc) is 2.47. The molecule has 1 unspecified atom stereocenters. The van der Waals surface area contributed by atoms with Gasteiger partial charge in [0.15, 0.2) is 0 Å². The highest BCUT2D eigenvalue weighted by atomic mass is 16.3. The number of phenolic OH excluding ortho intramolecular Hbond substituents is 1. The number of hydrogen-bond donors (Lipinski definition) is 2. The molecule has 0 saturated heterocycles. The minimum Gasteiger partial charge on any atom is -0.508 e. The zero-order valence-electron chi connectivity index (χ0n) is 8.08. The lowest BCUT2D eigenvalue weighted by Gasteiger charge is -2.12. The van der Waals surface area contributed by atoms with Crippen molar-refractivity contribution in [1.29, 1.82) is 0 Å². The minimum absolute atomic E-state index is 0.00377. The van der Waals surface area contributed by atoms with Crippen LogP contribution in [0.2, 0.25) is 0 Å². The lowest BCUT2D eigenvalue weighted by molar-refractivity contribution is -0.119. The van der Waals surface area contributed by atoms with Gasteiger partial charge in [-0.25, -0.2) is 0 Å². The number of fused-ring (bicyclic) bond motifs is 1. The summed E-state index contributed by atoms with van der Waals surface area (Å²) in [5.74, 6) is 0.295. The summed E-state index contributed by atoms with van der Waals surface area (Å²) < 4.78 is 0. The number of amides is 1. The lowest BCUT2D eigenvalue weighted by Crippen LogP contribution is -2.24. The van der Waals surface area contributed by atoms with Crippen LogP contribution in [-0.4, -0.2) is 11.0 Å². The van der Waals surface area contributed by atoms with E-state index in [0.717, 1.165) is 24.0 Å². The molecule has 0 aromatic heterocycles. The Kier molecular flexibility index (Phi) is 2.15. The first kappa shape index (κ1) is 9.06. The first-order chi connectivity index (χ1) is 6.66. The molecular weight excluding hydrogens is 178 g/mol. The maximum absolute atomic E-state index is 10.9. The van der Waals surface area contributed by atoms with E-state index in [2.05, 4.69) is 5.32 Å². The van der Waals surface area contributed by atoms with E-state index in [1.165, 1.54) is 6.92 Å². The fourth-order valence-corrected chi connectivity index (χ4v) is 2.00. The summed E-state index contributed by atoms with van der Waals surface area (Å²) in [7, 11) is 0. The smallest absolute Gasteiger partial charge is 0.217 e. The van der Waals surface area contributed by atoms with Gasteiger partial charge in [-0.2, -0.15) is 0 Å². The Hall–Kier alpha value is -1.51. The number of phenols is 1. The summed E-state index contributed by atoms with van der Waals surface area (Å²) in [6, 6.07) is 5.46. The number of benzene rings is 1. The monoisotopic (exact) mass is 191 g/mol. The number of carbonyl (C=O) groups is 1. The highest BCUT2D eigenvalue weighted by molar-refractivity contribution is 5.73. The molecule has 1 aromatic carbocycles. The van der Waals surface area contributed by atoms with Crippen LogP contribution in [0.25, 0.3) is 0 Å². The quantitative estimate of drug-likeness (QED) is 0.707. The Balaban J connectivity index is 2.26. The Morgan fingerprint density at radius 2 is 2.36 bits per heavy atom. The summed E-state index contributed by atoms with van der Waals surface area (Å²) in [5, 5.41) is 12.2. The van der Waals surface area contributed by atoms with Gasteiger partial charge in [-0.3, -0.25) is 4.79 Å². The molecule has 2 rings (SSSR count). The van der Waals surface area contributed by atoms with E-state index in [-0.39, 0.29) is 11.9 Å². The van der Waals surface area contributed by atoms with Gasteiger partial charge < -0.3 is 10.4 Å². The van der Waals surface area contributed by atoms with E-state index < -0.39 is 0 Å². The number of aryl methyl sites for hydroxylation is 1.